The molecule has 2 unspecified atom stereocenters. The van der Waals surface area contributed by atoms with Crippen molar-refractivity contribution in [3.63, 3.8) is 0 Å². The fourth-order valence-electron chi connectivity index (χ4n) is 5.92. The van der Waals surface area contributed by atoms with Gasteiger partial charge >= 0.3 is 0 Å². The second-order valence-electron chi connectivity index (χ2n) is 10.6. The van der Waals surface area contributed by atoms with Gasteiger partial charge in [-0.3, -0.25) is 9.69 Å². The van der Waals surface area contributed by atoms with Crippen LogP contribution in [-0.2, 0) is 11.2 Å². The minimum Gasteiger partial charge on any atom is -0.493 e. The Kier molecular flexibility index (Phi) is 11.6. The Labute approximate surface area is 258 Å². The van der Waals surface area contributed by atoms with E-state index in [1.54, 1.807) is 26.6 Å². The van der Waals surface area contributed by atoms with Crippen LogP contribution in [0.15, 0.2) is 60.0 Å². The molecule has 1 saturated heterocycles. The second-order valence-corrected chi connectivity index (χ2v) is 12.0. The number of amides is 1. The molecule has 2 aromatic carbocycles. The normalized spacial score (nSPS) is 19.4. The molecule has 2 atom stereocenters. The van der Waals surface area contributed by atoms with Gasteiger partial charge in [-0.2, -0.15) is 0 Å². The highest BCUT2D eigenvalue weighted by Gasteiger charge is 2.35. The maximum absolute atomic E-state index is 12.9. The molecule has 5 rings (SSSR count). The molecule has 1 amide bonds. The SMILES string of the molecule is COc1ccc(-c2cnc(SCC(=O)NC3CCCC3N3CCC(Cc4ccc(Cl)cc4)CC3)nc2)cc1OC.Cl. The van der Waals surface area contributed by atoms with Crippen molar-refractivity contribution in [2.45, 2.75) is 55.8 Å². The molecule has 1 aliphatic heterocycles. The van der Waals surface area contributed by atoms with Gasteiger partial charge in [0, 0.05) is 35.1 Å². The topological polar surface area (TPSA) is 76.6 Å². The van der Waals surface area contributed by atoms with Crippen molar-refractivity contribution in [3.05, 3.63) is 65.4 Å². The van der Waals surface area contributed by atoms with Crippen molar-refractivity contribution in [1.82, 2.24) is 20.2 Å². The van der Waals surface area contributed by atoms with E-state index in [9.17, 15) is 4.79 Å². The predicted octanol–water partition coefficient (Wildman–Crippen LogP) is 6.32. The van der Waals surface area contributed by atoms with Crippen molar-refractivity contribution in [1.29, 1.82) is 0 Å². The molecule has 2 fully saturated rings. The van der Waals surface area contributed by atoms with Crippen LogP contribution in [0.25, 0.3) is 11.1 Å². The van der Waals surface area contributed by atoms with Crippen LogP contribution in [0.1, 0.15) is 37.7 Å². The lowest BCUT2D eigenvalue weighted by Crippen LogP contribution is -2.51. The summed E-state index contributed by atoms with van der Waals surface area (Å²) in [5.74, 6) is 2.40. The quantitative estimate of drug-likeness (QED) is 0.211. The van der Waals surface area contributed by atoms with Gasteiger partial charge in [-0.25, -0.2) is 9.97 Å². The lowest BCUT2D eigenvalue weighted by atomic mass is 9.89. The number of likely N-dealkylation sites (tertiary alicyclic amines) is 1. The number of hydrogen-bond acceptors (Lipinski definition) is 7. The highest BCUT2D eigenvalue weighted by atomic mass is 35.5. The number of halogens is 2. The van der Waals surface area contributed by atoms with E-state index in [1.165, 1.54) is 30.2 Å². The summed E-state index contributed by atoms with van der Waals surface area (Å²) in [5.41, 5.74) is 3.18. The van der Waals surface area contributed by atoms with Gasteiger partial charge in [0.2, 0.25) is 5.91 Å². The van der Waals surface area contributed by atoms with E-state index in [-0.39, 0.29) is 24.4 Å². The first-order chi connectivity index (χ1) is 19.5. The first kappa shape index (κ1) is 31.4. The van der Waals surface area contributed by atoms with Crippen molar-refractivity contribution in [2.24, 2.45) is 5.92 Å². The van der Waals surface area contributed by atoms with Gasteiger partial charge in [0.05, 0.1) is 20.0 Å². The van der Waals surface area contributed by atoms with Crippen LogP contribution in [0.5, 0.6) is 11.5 Å². The molecule has 41 heavy (non-hydrogen) atoms. The Hall–Kier alpha value is -2.52. The third-order valence-electron chi connectivity index (χ3n) is 8.06. The van der Waals surface area contributed by atoms with Crippen LogP contribution in [-0.4, -0.2) is 65.9 Å². The molecule has 2 heterocycles. The second kappa shape index (κ2) is 15.1. The summed E-state index contributed by atoms with van der Waals surface area (Å²) in [7, 11) is 3.23. The molecule has 0 bridgehead atoms. The Bertz CT molecular complexity index is 1270. The molecule has 10 heteroatoms. The molecule has 7 nitrogen and oxygen atoms in total. The van der Waals surface area contributed by atoms with Gasteiger partial charge in [-0.15, -0.1) is 12.4 Å². The fourth-order valence-corrected chi connectivity index (χ4v) is 6.65. The molecular weight excluding hydrogens is 579 g/mol. The fraction of sp³-hybridized carbons (Fsp3) is 0.452. The van der Waals surface area contributed by atoms with E-state index in [0.29, 0.717) is 34.4 Å². The van der Waals surface area contributed by atoms with E-state index in [2.05, 4.69) is 32.3 Å². The first-order valence-corrected chi connectivity index (χ1v) is 15.3. The summed E-state index contributed by atoms with van der Waals surface area (Å²) in [4.78, 5) is 24.4. The van der Waals surface area contributed by atoms with Gasteiger partial charge < -0.3 is 14.8 Å². The number of piperidine rings is 1. The zero-order valence-corrected chi connectivity index (χ0v) is 25.9. The minimum atomic E-state index is 0. The smallest absolute Gasteiger partial charge is 0.230 e. The number of rotatable bonds is 10. The van der Waals surface area contributed by atoms with Crippen molar-refractivity contribution >= 4 is 41.7 Å². The van der Waals surface area contributed by atoms with Crippen LogP contribution >= 0.6 is 35.8 Å². The standard InChI is InChI=1S/C31H37ClN4O3S.ClH/c1-38-28-11-8-23(17-29(28)39-2)24-18-33-31(34-19-24)40-20-30(37)35-26-4-3-5-27(26)36-14-12-22(13-15-36)16-21-6-9-25(32)10-7-21;/h6-11,17-19,22,26-27H,3-5,12-16,20H2,1-2H3,(H,35,37);1H. The number of carbonyl (C=O) groups is 1. The number of benzene rings is 2. The Morgan fingerprint density at radius 3 is 2.37 bits per heavy atom. The highest BCUT2D eigenvalue weighted by molar-refractivity contribution is 7.99. The molecule has 220 valence electrons. The number of hydrogen-bond donors (Lipinski definition) is 1. The van der Waals surface area contributed by atoms with Gasteiger partial charge in [0.25, 0.3) is 0 Å². The largest absolute Gasteiger partial charge is 0.493 e. The van der Waals surface area contributed by atoms with Crippen LogP contribution in [0.4, 0.5) is 0 Å². The number of methoxy groups -OCH3 is 2. The molecule has 1 aromatic heterocycles. The number of nitrogens with one attached hydrogen (secondary N) is 1. The van der Waals surface area contributed by atoms with Crippen molar-refractivity contribution in [2.75, 3.05) is 33.1 Å². The number of carbonyl (C=O) groups excluding carboxylic acids is 1. The molecule has 1 saturated carbocycles. The lowest BCUT2D eigenvalue weighted by molar-refractivity contribution is -0.119. The molecule has 1 aliphatic carbocycles. The third kappa shape index (κ3) is 8.28. The Morgan fingerprint density at radius 2 is 1.68 bits per heavy atom. The van der Waals surface area contributed by atoms with Gasteiger partial charge in [-0.1, -0.05) is 41.6 Å². The molecule has 2 aliphatic rings. The Morgan fingerprint density at radius 1 is 0.976 bits per heavy atom. The van der Waals surface area contributed by atoms with E-state index < -0.39 is 0 Å². The summed E-state index contributed by atoms with van der Waals surface area (Å²) in [6.45, 7) is 2.20. The number of aromatic nitrogens is 2. The van der Waals surface area contributed by atoms with Gasteiger partial charge in [-0.05, 0) is 92.9 Å². The van der Waals surface area contributed by atoms with E-state index in [0.717, 1.165) is 54.9 Å². The van der Waals surface area contributed by atoms with Crippen LogP contribution < -0.4 is 14.8 Å². The summed E-state index contributed by atoms with van der Waals surface area (Å²) in [6, 6.07) is 14.6. The monoisotopic (exact) mass is 616 g/mol. The number of ether oxygens (including phenoxy) is 2. The predicted molar refractivity (Wildman–Crippen MR) is 168 cm³/mol. The third-order valence-corrected chi connectivity index (χ3v) is 9.19. The van der Waals surface area contributed by atoms with Crippen molar-refractivity contribution < 1.29 is 14.3 Å². The molecule has 0 spiro atoms. The summed E-state index contributed by atoms with van der Waals surface area (Å²) >= 11 is 7.41. The van der Waals surface area contributed by atoms with E-state index in [1.807, 2.05) is 30.3 Å². The van der Waals surface area contributed by atoms with E-state index in [4.69, 9.17) is 21.1 Å². The van der Waals surface area contributed by atoms with Crippen LogP contribution in [0, 0.1) is 5.92 Å². The molecule has 0 radical (unpaired) electrons. The molecular formula is C31H38Cl2N4O3S. The highest BCUT2D eigenvalue weighted by Crippen LogP contribution is 2.33. The Balaban J connectivity index is 0.00000387. The number of thioether (sulfide) groups is 1. The van der Waals surface area contributed by atoms with Crippen molar-refractivity contribution in [3.8, 4) is 22.6 Å². The summed E-state index contributed by atoms with van der Waals surface area (Å²) < 4.78 is 10.7. The summed E-state index contributed by atoms with van der Waals surface area (Å²) in [5, 5.41) is 4.70. The van der Waals surface area contributed by atoms with Crippen LogP contribution in [0.2, 0.25) is 5.02 Å². The van der Waals surface area contributed by atoms with E-state index >= 15 is 0 Å². The number of nitrogens with zero attached hydrogens (tertiary/aromatic N) is 3. The molecule has 1 N–H and O–H groups in total. The zero-order chi connectivity index (χ0) is 27.9. The summed E-state index contributed by atoms with van der Waals surface area (Å²) in [6.07, 6.45) is 10.4. The maximum atomic E-state index is 12.9. The minimum absolute atomic E-state index is 0. The average Bonchev–Trinajstić information content (AvgIpc) is 3.45. The van der Waals surface area contributed by atoms with Crippen LogP contribution in [0.3, 0.4) is 0 Å². The first-order valence-electron chi connectivity index (χ1n) is 14.0. The molecule has 3 aromatic rings. The zero-order valence-electron chi connectivity index (χ0n) is 23.6. The lowest BCUT2D eigenvalue weighted by Gasteiger charge is -2.38. The maximum Gasteiger partial charge on any atom is 0.230 e. The van der Waals surface area contributed by atoms with Gasteiger partial charge in [0.1, 0.15) is 0 Å². The van der Waals surface area contributed by atoms with Gasteiger partial charge in [0.15, 0.2) is 16.7 Å². The average molecular weight is 618 g/mol.